The summed E-state index contributed by atoms with van der Waals surface area (Å²) in [5, 5.41) is 6.81. The van der Waals surface area contributed by atoms with Crippen molar-refractivity contribution in [2.45, 2.75) is 38.1 Å². The first-order valence-corrected chi connectivity index (χ1v) is 11.4. The summed E-state index contributed by atoms with van der Waals surface area (Å²) in [5.41, 5.74) is 2.08. The first-order valence-electron chi connectivity index (χ1n) is 9.19. The molecule has 4 rings (SSSR count). The average molecular weight is 433 g/mol. The van der Waals surface area contributed by atoms with Crippen LogP contribution in [0.25, 0.3) is 0 Å². The molecule has 8 nitrogen and oxygen atoms in total. The lowest BCUT2D eigenvalue weighted by molar-refractivity contribution is 0.101. The minimum absolute atomic E-state index is 0.176. The Morgan fingerprint density at radius 3 is 2.72 bits per heavy atom. The van der Waals surface area contributed by atoms with Crippen molar-refractivity contribution >= 4 is 32.4 Å². The van der Waals surface area contributed by atoms with Crippen LogP contribution in [0, 0.1) is 6.92 Å². The topological polar surface area (TPSA) is 105 Å². The van der Waals surface area contributed by atoms with E-state index in [4.69, 9.17) is 4.52 Å². The maximum atomic E-state index is 13.0. The molecule has 0 atom stereocenters. The molecule has 1 aliphatic heterocycles. The number of aromatic nitrogens is 2. The van der Waals surface area contributed by atoms with E-state index in [1.165, 1.54) is 15.6 Å². The SMILES string of the molecule is CCc1ccc(S(=O)(=O)N2CCc3nc(NC(=O)c4cc(C)on4)sc3C2)cc1. The molecule has 0 saturated carbocycles. The minimum Gasteiger partial charge on any atom is -0.361 e. The van der Waals surface area contributed by atoms with Crippen molar-refractivity contribution in [2.75, 3.05) is 11.9 Å². The number of rotatable bonds is 5. The molecule has 0 spiro atoms. The van der Waals surface area contributed by atoms with Gasteiger partial charge in [0.25, 0.3) is 5.91 Å². The van der Waals surface area contributed by atoms with E-state index >= 15 is 0 Å². The van der Waals surface area contributed by atoms with Gasteiger partial charge in [0.15, 0.2) is 10.8 Å². The van der Waals surface area contributed by atoms with Crippen molar-refractivity contribution in [3.8, 4) is 0 Å². The molecule has 152 valence electrons. The van der Waals surface area contributed by atoms with E-state index in [0.29, 0.717) is 23.9 Å². The standard InChI is InChI=1S/C19H20N4O4S2/c1-3-13-4-6-14(7-5-13)29(25,26)23-9-8-15-17(11-23)28-19(20-15)21-18(24)16-10-12(2)27-22-16/h4-7,10H,3,8-9,11H2,1-2H3,(H,20,21,24). The smallest absolute Gasteiger partial charge is 0.279 e. The summed E-state index contributed by atoms with van der Waals surface area (Å²) in [6.45, 7) is 4.32. The van der Waals surface area contributed by atoms with Crippen molar-refractivity contribution < 1.29 is 17.7 Å². The van der Waals surface area contributed by atoms with E-state index in [1.807, 2.05) is 19.1 Å². The summed E-state index contributed by atoms with van der Waals surface area (Å²) < 4.78 is 32.4. The van der Waals surface area contributed by atoms with Crippen LogP contribution in [0.2, 0.25) is 0 Å². The molecular weight excluding hydrogens is 412 g/mol. The molecule has 10 heteroatoms. The predicted octanol–water partition coefficient (Wildman–Crippen LogP) is 3.00. The van der Waals surface area contributed by atoms with Gasteiger partial charge in [0.2, 0.25) is 10.0 Å². The molecule has 2 aromatic heterocycles. The fourth-order valence-electron chi connectivity index (χ4n) is 3.11. The lowest BCUT2D eigenvalue weighted by Gasteiger charge is -2.25. The average Bonchev–Trinajstić information content (AvgIpc) is 3.32. The van der Waals surface area contributed by atoms with Gasteiger partial charge in [-0.1, -0.05) is 24.2 Å². The Kier molecular flexibility index (Phi) is 5.24. The Morgan fingerprint density at radius 2 is 2.07 bits per heavy atom. The second-order valence-electron chi connectivity index (χ2n) is 6.75. The molecule has 1 amide bonds. The molecule has 29 heavy (non-hydrogen) atoms. The van der Waals surface area contributed by atoms with Crippen molar-refractivity contribution in [1.29, 1.82) is 0 Å². The van der Waals surface area contributed by atoms with Crippen LogP contribution in [0.5, 0.6) is 0 Å². The number of aryl methyl sites for hydroxylation is 2. The molecule has 3 heterocycles. The normalized spacial score (nSPS) is 14.6. The fourth-order valence-corrected chi connectivity index (χ4v) is 5.62. The van der Waals surface area contributed by atoms with Gasteiger partial charge in [-0.25, -0.2) is 13.4 Å². The number of carbonyl (C=O) groups is 1. The molecule has 0 unspecified atom stereocenters. The molecule has 0 radical (unpaired) electrons. The third kappa shape index (κ3) is 3.96. The van der Waals surface area contributed by atoms with E-state index in [-0.39, 0.29) is 17.1 Å². The number of nitrogens with one attached hydrogen (secondary N) is 1. The van der Waals surface area contributed by atoms with Crippen LogP contribution in [0.15, 0.2) is 39.8 Å². The molecule has 0 fully saturated rings. The number of hydrogen-bond donors (Lipinski definition) is 1. The number of anilines is 1. The van der Waals surface area contributed by atoms with Gasteiger partial charge >= 0.3 is 0 Å². The van der Waals surface area contributed by atoms with Gasteiger partial charge in [0, 0.05) is 23.9 Å². The quantitative estimate of drug-likeness (QED) is 0.664. The highest BCUT2D eigenvalue weighted by Crippen LogP contribution is 2.31. The van der Waals surface area contributed by atoms with E-state index in [2.05, 4.69) is 15.5 Å². The van der Waals surface area contributed by atoms with Gasteiger partial charge in [-0.3, -0.25) is 10.1 Å². The molecule has 0 bridgehead atoms. The van der Waals surface area contributed by atoms with Crippen LogP contribution in [-0.4, -0.2) is 35.3 Å². The molecular formula is C19H20N4O4S2. The Labute approximate surface area is 172 Å². The number of hydrogen-bond acceptors (Lipinski definition) is 7. The number of thiazole rings is 1. The highest BCUT2D eigenvalue weighted by atomic mass is 32.2. The highest BCUT2D eigenvalue weighted by Gasteiger charge is 2.30. The van der Waals surface area contributed by atoms with Crippen LogP contribution in [0.3, 0.4) is 0 Å². The largest absolute Gasteiger partial charge is 0.361 e. The third-order valence-corrected chi connectivity index (χ3v) is 7.60. The van der Waals surface area contributed by atoms with Crippen LogP contribution < -0.4 is 5.32 Å². The second-order valence-corrected chi connectivity index (χ2v) is 9.77. The van der Waals surface area contributed by atoms with Crippen molar-refractivity contribution in [3.05, 3.63) is 57.9 Å². The molecule has 1 N–H and O–H groups in total. The van der Waals surface area contributed by atoms with Gasteiger partial charge in [0.1, 0.15) is 5.76 Å². The zero-order chi connectivity index (χ0) is 20.6. The van der Waals surface area contributed by atoms with Crippen LogP contribution in [0.1, 0.15) is 39.3 Å². The summed E-state index contributed by atoms with van der Waals surface area (Å²) in [6.07, 6.45) is 1.35. The Morgan fingerprint density at radius 1 is 1.31 bits per heavy atom. The first kappa shape index (κ1) is 19.7. The summed E-state index contributed by atoms with van der Waals surface area (Å²) in [7, 11) is -3.58. The van der Waals surface area contributed by atoms with Crippen molar-refractivity contribution in [3.63, 3.8) is 0 Å². The van der Waals surface area contributed by atoms with Crippen molar-refractivity contribution in [2.24, 2.45) is 0 Å². The van der Waals surface area contributed by atoms with Crippen LogP contribution in [-0.2, 0) is 29.4 Å². The molecule has 0 saturated heterocycles. The number of fused-ring (bicyclic) bond motifs is 1. The Bertz CT molecular complexity index is 1150. The molecule has 1 aliphatic rings. The third-order valence-electron chi connectivity index (χ3n) is 4.75. The maximum absolute atomic E-state index is 13.0. The van der Waals surface area contributed by atoms with Crippen LogP contribution >= 0.6 is 11.3 Å². The minimum atomic E-state index is -3.58. The van der Waals surface area contributed by atoms with E-state index in [1.54, 1.807) is 25.1 Å². The number of benzene rings is 1. The molecule has 3 aromatic rings. The summed E-state index contributed by atoms with van der Waals surface area (Å²) >= 11 is 1.28. The number of nitrogens with zero attached hydrogens (tertiary/aromatic N) is 3. The number of amides is 1. The summed E-state index contributed by atoms with van der Waals surface area (Å²) in [6, 6.07) is 8.53. The van der Waals surface area contributed by atoms with Gasteiger partial charge in [-0.2, -0.15) is 4.31 Å². The number of sulfonamides is 1. The van der Waals surface area contributed by atoms with E-state index in [9.17, 15) is 13.2 Å². The summed E-state index contributed by atoms with van der Waals surface area (Å²) in [4.78, 5) is 17.8. The number of carbonyl (C=O) groups excluding carboxylic acids is 1. The van der Waals surface area contributed by atoms with E-state index in [0.717, 1.165) is 22.6 Å². The lowest BCUT2D eigenvalue weighted by Crippen LogP contribution is -2.35. The zero-order valence-electron chi connectivity index (χ0n) is 16.0. The first-order chi connectivity index (χ1) is 13.9. The monoisotopic (exact) mass is 432 g/mol. The van der Waals surface area contributed by atoms with Gasteiger partial charge in [-0.05, 0) is 31.0 Å². The van der Waals surface area contributed by atoms with Gasteiger partial charge in [-0.15, -0.1) is 11.3 Å². The lowest BCUT2D eigenvalue weighted by atomic mass is 10.2. The molecule has 0 aliphatic carbocycles. The van der Waals surface area contributed by atoms with Crippen molar-refractivity contribution in [1.82, 2.24) is 14.4 Å². The Balaban J connectivity index is 1.50. The molecule has 1 aromatic carbocycles. The Hall–Kier alpha value is -2.56. The van der Waals surface area contributed by atoms with E-state index < -0.39 is 15.9 Å². The zero-order valence-corrected chi connectivity index (χ0v) is 17.6. The maximum Gasteiger partial charge on any atom is 0.279 e. The van der Waals surface area contributed by atoms with Crippen LogP contribution in [0.4, 0.5) is 5.13 Å². The fraction of sp³-hybridized carbons (Fsp3) is 0.316. The second kappa shape index (κ2) is 7.69. The predicted molar refractivity (Wildman–Crippen MR) is 108 cm³/mol. The van der Waals surface area contributed by atoms with Gasteiger partial charge in [0.05, 0.1) is 17.1 Å². The highest BCUT2D eigenvalue weighted by molar-refractivity contribution is 7.89. The summed E-state index contributed by atoms with van der Waals surface area (Å²) in [5.74, 6) is 0.134. The van der Waals surface area contributed by atoms with Gasteiger partial charge < -0.3 is 4.52 Å².